The highest BCUT2D eigenvalue weighted by Gasteiger charge is 2.47. The average Bonchev–Trinajstić information content (AvgIpc) is 3.50. The monoisotopic (exact) mass is 433 g/mol. The number of Topliss-reactive ketones (excluding diaryl/α,β-unsaturated/α-hetero) is 1. The van der Waals surface area contributed by atoms with Gasteiger partial charge >= 0.3 is 0 Å². The van der Waals surface area contributed by atoms with Gasteiger partial charge in [0.25, 0.3) is 11.7 Å². The van der Waals surface area contributed by atoms with Gasteiger partial charge in [-0.3, -0.25) is 14.5 Å². The van der Waals surface area contributed by atoms with Crippen LogP contribution in [0, 0.1) is 13.8 Å². The minimum Gasteiger partial charge on any atom is -0.507 e. The standard InChI is InChI=1S/C24H19NO5S/c1-13-5-7-16(10-14(13)2)25-21(19-4-3-9-31-19)20(23(27)24(25)28)22(26)15-6-8-17-18(11-15)30-12-29-17/h3-11,21,26H,12H2,1-2H3/b22-20-. The molecule has 31 heavy (non-hydrogen) atoms. The van der Waals surface area contributed by atoms with Crippen LogP contribution in [0.3, 0.4) is 0 Å². The molecule has 0 bridgehead atoms. The highest BCUT2D eigenvalue weighted by Crippen LogP contribution is 2.44. The summed E-state index contributed by atoms with van der Waals surface area (Å²) in [4.78, 5) is 28.5. The minimum atomic E-state index is -0.716. The fraction of sp³-hybridized carbons (Fsp3) is 0.167. The molecule has 1 N–H and O–H groups in total. The summed E-state index contributed by atoms with van der Waals surface area (Å²) in [5.41, 5.74) is 3.18. The average molecular weight is 433 g/mol. The summed E-state index contributed by atoms with van der Waals surface area (Å²) in [6.45, 7) is 4.05. The van der Waals surface area contributed by atoms with Crippen molar-refractivity contribution in [3.63, 3.8) is 0 Å². The molecular weight excluding hydrogens is 414 g/mol. The first-order valence-electron chi connectivity index (χ1n) is 9.77. The van der Waals surface area contributed by atoms with Crippen LogP contribution < -0.4 is 14.4 Å². The number of aliphatic hydroxyl groups is 1. The molecule has 2 aliphatic heterocycles. The van der Waals surface area contributed by atoms with Crippen molar-refractivity contribution in [2.45, 2.75) is 19.9 Å². The number of hydrogen-bond acceptors (Lipinski definition) is 6. The summed E-state index contributed by atoms with van der Waals surface area (Å²) in [6.07, 6.45) is 0. The topological polar surface area (TPSA) is 76.1 Å². The number of rotatable bonds is 3. The SMILES string of the molecule is Cc1ccc(N2C(=O)C(=O)/C(=C(\O)c3ccc4c(c3)OCO4)C2c2cccs2)cc1C. The maximum atomic E-state index is 13.1. The third-order valence-electron chi connectivity index (χ3n) is 5.67. The van der Waals surface area contributed by atoms with Gasteiger partial charge in [-0.25, -0.2) is 0 Å². The summed E-state index contributed by atoms with van der Waals surface area (Å²) >= 11 is 1.43. The zero-order valence-electron chi connectivity index (χ0n) is 16.9. The molecule has 1 atom stereocenters. The van der Waals surface area contributed by atoms with Crippen LogP contribution in [0.5, 0.6) is 11.5 Å². The number of anilines is 1. The Balaban J connectivity index is 1.69. The third kappa shape index (κ3) is 3.09. The smallest absolute Gasteiger partial charge is 0.300 e. The van der Waals surface area contributed by atoms with E-state index in [1.165, 1.54) is 16.2 Å². The molecule has 0 saturated carbocycles. The van der Waals surface area contributed by atoms with E-state index >= 15 is 0 Å². The van der Waals surface area contributed by atoms with Gasteiger partial charge in [-0.2, -0.15) is 0 Å². The van der Waals surface area contributed by atoms with Crippen molar-refractivity contribution in [3.05, 3.63) is 81.1 Å². The number of amides is 1. The van der Waals surface area contributed by atoms with Crippen molar-refractivity contribution in [1.82, 2.24) is 0 Å². The Morgan fingerprint density at radius 2 is 1.84 bits per heavy atom. The van der Waals surface area contributed by atoms with Gasteiger partial charge in [0.2, 0.25) is 6.79 Å². The van der Waals surface area contributed by atoms with E-state index in [0.29, 0.717) is 22.7 Å². The molecule has 6 nitrogen and oxygen atoms in total. The van der Waals surface area contributed by atoms with Crippen LogP contribution in [0.4, 0.5) is 5.69 Å². The molecule has 1 fully saturated rings. The number of carbonyl (C=O) groups excluding carboxylic acids is 2. The van der Waals surface area contributed by atoms with Gasteiger partial charge in [0.05, 0.1) is 5.57 Å². The van der Waals surface area contributed by atoms with Crippen molar-refractivity contribution >= 4 is 34.5 Å². The number of ketones is 1. The Bertz CT molecular complexity index is 1240. The highest BCUT2D eigenvalue weighted by molar-refractivity contribution is 7.10. The Hall–Kier alpha value is -3.58. The molecule has 3 heterocycles. The van der Waals surface area contributed by atoms with Crippen LogP contribution >= 0.6 is 11.3 Å². The molecule has 0 radical (unpaired) electrons. The normalized spacial score (nSPS) is 19.3. The Morgan fingerprint density at radius 3 is 2.58 bits per heavy atom. The second-order valence-corrected chi connectivity index (χ2v) is 8.50. The molecule has 3 aromatic rings. The zero-order chi connectivity index (χ0) is 21.7. The number of fused-ring (bicyclic) bond motifs is 1. The molecule has 0 spiro atoms. The van der Waals surface area contributed by atoms with E-state index in [0.717, 1.165) is 16.0 Å². The second-order valence-electron chi connectivity index (χ2n) is 7.52. The lowest BCUT2D eigenvalue weighted by Crippen LogP contribution is -2.29. The predicted molar refractivity (Wildman–Crippen MR) is 118 cm³/mol. The number of benzene rings is 2. The summed E-state index contributed by atoms with van der Waals surface area (Å²) in [5, 5.41) is 13.0. The molecule has 1 saturated heterocycles. The zero-order valence-corrected chi connectivity index (χ0v) is 17.7. The molecule has 5 rings (SSSR count). The fourth-order valence-corrected chi connectivity index (χ4v) is 4.71. The molecule has 2 aromatic carbocycles. The fourth-order valence-electron chi connectivity index (χ4n) is 3.89. The molecule has 0 aliphatic carbocycles. The Labute approximate surface area is 183 Å². The van der Waals surface area contributed by atoms with Gasteiger partial charge in [0.1, 0.15) is 11.8 Å². The predicted octanol–water partition coefficient (Wildman–Crippen LogP) is 4.72. The van der Waals surface area contributed by atoms with Gasteiger partial charge < -0.3 is 14.6 Å². The van der Waals surface area contributed by atoms with Crippen LogP contribution in [-0.4, -0.2) is 23.6 Å². The molecule has 1 amide bonds. The van der Waals surface area contributed by atoms with Crippen LogP contribution in [0.1, 0.15) is 27.6 Å². The maximum Gasteiger partial charge on any atom is 0.300 e. The van der Waals surface area contributed by atoms with E-state index in [1.54, 1.807) is 18.2 Å². The van der Waals surface area contributed by atoms with Gasteiger partial charge in [0, 0.05) is 16.1 Å². The van der Waals surface area contributed by atoms with E-state index in [-0.39, 0.29) is 18.1 Å². The maximum absolute atomic E-state index is 13.1. The van der Waals surface area contributed by atoms with Crippen LogP contribution in [0.25, 0.3) is 5.76 Å². The third-order valence-corrected chi connectivity index (χ3v) is 6.60. The van der Waals surface area contributed by atoms with Crippen LogP contribution in [0.15, 0.2) is 59.5 Å². The number of carbonyl (C=O) groups is 2. The summed E-state index contributed by atoms with van der Waals surface area (Å²) < 4.78 is 10.7. The summed E-state index contributed by atoms with van der Waals surface area (Å²) in [5.74, 6) is -0.556. The van der Waals surface area contributed by atoms with Crippen molar-refractivity contribution in [2.24, 2.45) is 0 Å². The number of ether oxygens (including phenoxy) is 2. The van der Waals surface area contributed by atoms with Crippen molar-refractivity contribution < 1.29 is 24.2 Å². The summed E-state index contributed by atoms with van der Waals surface area (Å²) in [6, 6.07) is 13.6. The number of hydrogen-bond donors (Lipinski definition) is 1. The second kappa shape index (κ2) is 7.28. The van der Waals surface area contributed by atoms with Gasteiger partial charge in [-0.15, -0.1) is 11.3 Å². The molecule has 7 heteroatoms. The number of thiophene rings is 1. The van der Waals surface area contributed by atoms with Crippen molar-refractivity contribution in [3.8, 4) is 11.5 Å². The molecule has 2 aliphatic rings. The van der Waals surface area contributed by atoms with E-state index in [2.05, 4.69) is 0 Å². The van der Waals surface area contributed by atoms with Gasteiger partial charge in [-0.05, 0) is 66.8 Å². The Morgan fingerprint density at radius 1 is 1.03 bits per heavy atom. The van der Waals surface area contributed by atoms with Crippen molar-refractivity contribution in [2.75, 3.05) is 11.7 Å². The Kier molecular flexibility index (Phi) is 4.55. The number of aryl methyl sites for hydroxylation is 2. The van der Waals surface area contributed by atoms with E-state index in [1.807, 2.05) is 49.6 Å². The quantitative estimate of drug-likeness (QED) is 0.367. The molecule has 1 unspecified atom stereocenters. The highest BCUT2D eigenvalue weighted by atomic mass is 32.1. The molecule has 1 aromatic heterocycles. The van der Waals surface area contributed by atoms with Crippen LogP contribution in [-0.2, 0) is 9.59 Å². The van der Waals surface area contributed by atoms with E-state index < -0.39 is 17.7 Å². The number of nitrogens with zero attached hydrogens (tertiary/aromatic N) is 1. The molecular formula is C24H19NO5S. The van der Waals surface area contributed by atoms with Crippen LogP contribution in [0.2, 0.25) is 0 Å². The first-order chi connectivity index (χ1) is 15.0. The minimum absolute atomic E-state index is 0.0598. The van der Waals surface area contributed by atoms with Gasteiger partial charge in [0.15, 0.2) is 11.5 Å². The largest absolute Gasteiger partial charge is 0.507 e. The summed E-state index contributed by atoms with van der Waals surface area (Å²) in [7, 11) is 0. The van der Waals surface area contributed by atoms with E-state index in [4.69, 9.17) is 9.47 Å². The lowest BCUT2D eigenvalue weighted by Gasteiger charge is -2.24. The number of aliphatic hydroxyl groups excluding tert-OH is 1. The lowest BCUT2D eigenvalue weighted by molar-refractivity contribution is -0.132. The van der Waals surface area contributed by atoms with E-state index in [9.17, 15) is 14.7 Å². The first kappa shape index (κ1) is 19.4. The molecule has 156 valence electrons. The first-order valence-corrected chi connectivity index (χ1v) is 10.7. The van der Waals surface area contributed by atoms with Crippen molar-refractivity contribution in [1.29, 1.82) is 0 Å². The van der Waals surface area contributed by atoms with Gasteiger partial charge in [-0.1, -0.05) is 12.1 Å². The lowest BCUT2D eigenvalue weighted by atomic mass is 9.99.